The molecule has 0 aliphatic carbocycles. The molecular formula is C10H19N3O5S. The highest BCUT2D eigenvalue weighted by molar-refractivity contribution is 7.88. The molecule has 1 aliphatic rings. The van der Waals surface area contributed by atoms with Gasteiger partial charge in [-0.15, -0.1) is 0 Å². The number of carboxylic acid groups (broad SMARTS) is 1. The van der Waals surface area contributed by atoms with Crippen molar-refractivity contribution in [3.05, 3.63) is 0 Å². The smallest absolute Gasteiger partial charge is 0.320 e. The van der Waals surface area contributed by atoms with E-state index in [1.54, 1.807) is 0 Å². The molecule has 0 aromatic rings. The van der Waals surface area contributed by atoms with Gasteiger partial charge >= 0.3 is 5.97 Å². The van der Waals surface area contributed by atoms with Crippen LogP contribution in [0.4, 0.5) is 0 Å². The Morgan fingerprint density at radius 2 is 1.79 bits per heavy atom. The van der Waals surface area contributed by atoms with E-state index >= 15 is 0 Å². The van der Waals surface area contributed by atoms with Crippen molar-refractivity contribution in [2.75, 3.05) is 39.0 Å². The lowest BCUT2D eigenvalue weighted by molar-refractivity contribution is -0.139. The number of rotatable bonds is 5. The van der Waals surface area contributed by atoms with Gasteiger partial charge in [0.2, 0.25) is 15.9 Å². The fourth-order valence-electron chi connectivity index (χ4n) is 1.71. The molecule has 1 fully saturated rings. The fourth-order valence-corrected chi connectivity index (χ4v) is 2.54. The molecule has 1 amide bonds. The summed E-state index contributed by atoms with van der Waals surface area (Å²) in [4.78, 5) is 23.9. The van der Waals surface area contributed by atoms with Crippen LogP contribution in [0.25, 0.3) is 0 Å². The Morgan fingerprint density at radius 1 is 1.26 bits per heavy atom. The molecule has 1 atom stereocenters. The van der Waals surface area contributed by atoms with Crippen molar-refractivity contribution in [3.63, 3.8) is 0 Å². The maximum absolute atomic E-state index is 11.8. The zero-order valence-corrected chi connectivity index (χ0v) is 11.8. The van der Waals surface area contributed by atoms with Gasteiger partial charge in [0, 0.05) is 26.2 Å². The molecule has 110 valence electrons. The molecule has 1 heterocycles. The summed E-state index contributed by atoms with van der Waals surface area (Å²) in [5.74, 6) is -1.24. The number of carbonyl (C=O) groups is 2. The molecule has 0 saturated carbocycles. The minimum absolute atomic E-state index is 0.0632. The van der Waals surface area contributed by atoms with Crippen molar-refractivity contribution in [2.24, 2.45) is 0 Å². The molecule has 0 unspecified atom stereocenters. The first kappa shape index (κ1) is 15.9. The summed E-state index contributed by atoms with van der Waals surface area (Å²) >= 11 is 0. The second-order valence-electron chi connectivity index (χ2n) is 4.48. The number of amides is 1. The Bertz CT molecular complexity index is 442. The number of nitrogens with one attached hydrogen (secondary N) is 1. The van der Waals surface area contributed by atoms with Crippen LogP contribution in [0.1, 0.15) is 6.92 Å². The summed E-state index contributed by atoms with van der Waals surface area (Å²) in [5.41, 5.74) is 0. The van der Waals surface area contributed by atoms with Gasteiger partial charge in [0.05, 0.1) is 12.8 Å². The Hall–Kier alpha value is -1.19. The van der Waals surface area contributed by atoms with E-state index in [2.05, 4.69) is 5.32 Å². The molecule has 9 heteroatoms. The minimum atomic E-state index is -3.21. The molecular weight excluding hydrogens is 274 g/mol. The third-order valence-electron chi connectivity index (χ3n) is 2.99. The molecule has 0 spiro atoms. The first-order valence-corrected chi connectivity index (χ1v) is 7.75. The van der Waals surface area contributed by atoms with Crippen molar-refractivity contribution in [2.45, 2.75) is 13.0 Å². The number of carboxylic acids is 1. The van der Waals surface area contributed by atoms with Crippen LogP contribution in [0.15, 0.2) is 0 Å². The molecule has 0 aromatic carbocycles. The highest BCUT2D eigenvalue weighted by atomic mass is 32.2. The maximum Gasteiger partial charge on any atom is 0.320 e. The average molecular weight is 293 g/mol. The minimum Gasteiger partial charge on any atom is -0.480 e. The molecule has 19 heavy (non-hydrogen) atoms. The van der Waals surface area contributed by atoms with Gasteiger partial charge in [0.15, 0.2) is 0 Å². The summed E-state index contributed by atoms with van der Waals surface area (Å²) < 4.78 is 23.9. The second kappa shape index (κ2) is 6.31. The Balaban J connectivity index is 2.39. The number of carbonyl (C=O) groups excluding carboxylic acids is 1. The van der Waals surface area contributed by atoms with Gasteiger partial charge < -0.3 is 10.0 Å². The molecule has 8 nitrogen and oxygen atoms in total. The van der Waals surface area contributed by atoms with Gasteiger partial charge in [0.25, 0.3) is 0 Å². The Labute approximate surface area is 112 Å². The summed E-state index contributed by atoms with van der Waals surface area (Å²) in [6.07, 6.45) is 1.14. The lowest BCUT2D eigenvalue weighted by Gasteiger charge is -2.33. The number of aliphatic carboxylic acids is 1. The highest BCUT2D eigenvalue weighted by Gasteiger charge is 2.26. The topological polar surface area (TPSA) is 107 Å². The van der Waals surface area contributed by atoms with Crippen molar-refractivity contribution >= 4 is 21.9 Å². The number of hydrogen-bond donors (Lipinski definition) is 2. The van der Waals surface area contributed by atoms with Gasteiger partial charge in [0.1, 0.15) is 6.04 Å². The van der Waals surface area contributed by atoms with Gasteiger partial charge in [-0.3, -0.25) is 14.9 Å². The van der Waals surface area contributed by atoms with E-state index < -0.39 is 22.0 Å². The summed E-state index contributed by atoms with van der Waals surface area (Å²) in [6, 6.07) is -0.791. The van der Waals surface area contributed by atoms with E-state index in [0.29, 0.717) is 13.1 Å². The Morgan fingerprint density at radius 3 is 2.21 bits per heavy atom. The van der Waals surface area contributed by atoms with Crippen LogP contribution in [0.3, 0.4) is 0 Å². The maximum atomic E-state index is 11.8. The van der Waals surface area contributed by atoms with Crippen molar-refractivity contribution < 1.29 is 23.1 Å². The molecule has 0 radical (unpaired) electrons. The van der Waals surface area contributed by atoms with E-state index in [-0.39, 0.29) is 25.5 Å². The second-order valence-corrected chi connectivity index (χ2v) is 6.47. The summed E-state index contributed by atoms with van der Waals surface area (Å²) in [6.45, 7) is 2.60. The molecule has 1 saturated heterocycles. The zero-order chi connectivity index (χ0) is 14.6. The standard InChI is InChI=1S/C10H19N3O5S/c1-8(10(15)16)11-7-9(14)12-3-5-13(6-4-12)19(2,17)18/h8,11H,3-7H2,1-2H3,(H,15,16)/t8-/m0/s1. The monoisotopic (exact) mass is 293 g/mol. The number of hydrogen-bond acceptors (Lipinski definition) is 5. The van der Waals surface area contributed by atoms with Gasteiger partial charge in [-0.2, -0.15) is 4.31 Å². The zero-order valence-electron chi connectivity index (χ0n) is 11.0. The van der Waals surface area contributed by atoms with Gasteiger partial charge in [-0.1, -0.05) is 0 Å². The summed E-state index contributed by atoms with van der Waals surface area (Å²) in [5, 5.41) is 11.3. The lowest BCUT2D eigenvalue weighted by atomic mass is 10.3. The van der Waals surface area contributed by atoms with Crippen LogP contribution in [0, 0.1) is 0 Å². The van der Waals surface area contributed by atoms with Crippen molar-refractivity contribution in [1.82, 2.24) is 14.5 Å². The highest BCUT2D eigenvalue weighted by Crippen LogP contribution is 2.05. The SMILES string of the molecule is C[C@H](NCC(=O)N1CCN(S(C)(=O)=O)CC1)C(=O)O. The normalized spacial score (nSPS) is 19.2. The van der Waals surface area contributed by atoms with E-state index in [1.165, 1.54) is 16.1 Å². The average Bonchev–Trinajstić information content (AvgIpc) is 2.34. The molecule has 0 aromatic heterocycles. The predicted octanol–water partition coefficient (Wildman–Crippen LogP) is -1.85. The first-order chi connectivity index (χ1) is 8.71. The van der Waals surface area contributed by atoms with Gasteiger partial charge in [-0.05, 0) is 6.92 Å². The fraction of sp³-hybridized carbons (Fsp3) is 0.800. The van der Waals surface area contributed by atoms with Crippen LogP contribution < -0.4 is 5.32 Å². The van der Waals surface area contributed by atoms with E-state index in [4.69, 9.17) is 5.11 Å². The third-order valence-corrected chi connectivity index (χ3v) is 4.29. The third kappa shape index (κ3) is 4.77. The Kier molecular flexibility index (Phi) is 5.27. The van der Waals surface area contributed by atoms with Crippen molar-refractivity contribution in [1.29, 1.82) is 0 Å². The number of nitrogens with zero attached hydrogens (tertiary/aromatic N) is 2. The van der Waals surface area contributed by atoms with Crippen LogP contribution in [-0.4, -0.2) is 79.6 Å². The van der Waals surface area contributed by atoms with E-state index in [1.807, 2.05) is 0 Å². The van der Waals surface area contributed by atoms with Crippen molar-refractivity contribution in [3.8, 4) is 0 Å². The van der Waals surface area contributed by atoms with E-state index in [9.17, 15) is 18.0 Å². The molecule has 1 rings (SSSR count). The quantitative estimate of drug-likeness (QED) is 0.616. The van der Waals surface area contributed by atoms with Crippen LogP contribution in [-0.2, 0) is 19.6 Å². The predicted molar refractivity (Wildman–Crippen MR) is 68.1 cm³/mol. The molecule has 2 N–H and O–H groups in total. The van der Waals surface area contributed by atoms with Crippen LogP contribution in [0.2, 0.25) is 0 Å². The number of piperazine rings is 1. The summed E-state index contributed by atoms with van der Waals surface area (Å²) in [7, 11) is -3.21. The van der Waals surface area contributed by atoms with Gasteiger partial charge in [-0.25, -0.2) is 8.42 Å². The van der Waals surface area contributed by atoms with Crippen LogP contribution in [0.5, 0.6) is 0 Å². The largest absolute Gasteiger partial charge is 0.480 e. The van der Waals surface area contributed by atoms with E-state index in [0.717, 1.165) is 6.26 Å². The number of sulfonamides is 1. The lowest BCUT2D eigenvalue weighted by Crippen LogP contribution is -2.52. The molecule has 0 bridgehead atoms. The first-order valence-electron chi connectivity index (χ1n) is 5.91. The molecule has 1 aliphatic heterocycles. The van der Waals surface area contributed by atoms with Crippen LogP contribution >= 0.6 is 0 Å².